The Bertz CT molecular complexity index is 437. The van der Waals surface area contributed by atoms with Crippen LogP contribution in [0.5, 0.6) is 11.5 Å². The highest BCUT2D eigenvalue weighted by molar-refractivity contribution is 9.09. The second-order valence-corrected chi connectivity index (χ2v) is 5.37. The van der Waals surface area contributed by atoms with E-state index in [2.05, 4.69) is 28.2 Å². The molecular formula is C15H22BrNO3. The Morgan fingerprint density at radius 2 is 2.10 bits per heavy atom. The normalized spacial score (nSPS) is 11.8. The molecule has 0 saturated heterocycles. The number of methoxy groups -OCH3 is 2. The van der Waals surface area contributed by atoms with Crippen molar-refractivity contribution in [2.24, 2.45) is 5.92 Å². The molecule has 0 aliphatic carbocycles. The highest BCUT2D eigenvalue weighted by atomic mass is 79.9. The lowest BCUT2D eigenvalue weighted by atomic mass is 10.1. The smallest absolute Gasteiger partial charge is 0.255 e. The van der Waals surface area contributed by atoms with Gasteiger partial charge in [0.05, 0.1) is 19.8 Å². The number of nitrogens with one attached hydrogen (secondary N) is 1. The molecule has 0 saturated carbocycles. The van der Waals surface area contributed by atoms with Crippen molar-refractivity contribution in [3.05, 3.63) is 23.8 Å². The van der Waals surface area contributed by atoms with Crippen LogP contribution in [0, 0.1) is 5.92 Å². The van der Waals surface area contributed by atoms with Gasteiger partial charge in [-0.25, -0.2) is 0 Å². The molecule has 1 rings (SSSR count). The first-order chi connectivity index (χ1) is 9.62. The van der Waals surface area contributed by atoms with Crippen LogP contribution in [-0.2, 0) is 0 Å². The molecule has 112 valence electrons. The van der Waals surface area contributed by atoms with E-state index in [0.29, 0.717) is 29.5 Å². The van der Waals surface area contributed by atoms with Crippen molar-refractivity contribution in [1.29, 1.82) is 0 Å². The van der Waals surface area contributed by atoms with E-state index in [9.17, 15) is 4.79 Å². The maximum absolute atomic E-state index is 12.2. The summed E-state index contributed by atoms with van der Waals surface area (Å²) >= 11 is 3.45. The fraction of sp³-hybridized carbons (Fsp3) is 0.533. The molecule has 20 heavy (non-hydrogen) atoms. The van der Waals surface area contributed by atoms with Gasteiger partial charge in [-0.1, -0.05) is 22.9 Å². The summed E-state index contributed by atoms with van der Waals surface area (Å²) in [6.07, 6.45) is 2.05. The molecule has 0 heterocycles. The number of rotatable bonds is 8. The Kier molecular flexibility index (Phi) is 7.44. The largest absolute Gasteiger partial charge is 0.497 e. The first kappa shape index (κ1) is 16.8. The molecule has 0 radical (unpaired) electrons. The molecule has 5 heteroatoms. The highest BCUT2D eigenvalue weighted by Crippen LogP contribution is 2.23. The Hall–Kier alpha value is -1.23. The minimum atomic E-state index is -0.132. The van der Waals surface area contributed by atoms with E-state index < -0.39 is 0 Å². The van der Waals surface area contributed by atoms with Crippen LogP contribution in [0.25, 0.3) is 0 Å². The van der Waals surface area contributed by atoms with E-state index >= 15 is 0 Å². The summed E-state index contributed by atoms with van der Waals surface area (Å²) in [5, 5.41) is 3.91. The summed E-state index contributed by atoms with van der Waals surface area (Å²) in [6, 6.07) is 5.20. The molecular weight excluding hydrogens is 322 g/mol. The summed E-state index contributed by atoms with van der Waals surface area (Å²) in [5.74, 6) is 1.69. The van der Waals surface area contributed by atoms with E-state index in [4.69, 9.17) is 9.47 Å². The second kappa shape index (κ2) is 8.84. The van der Waals surface area contributed by atoms with Crippen LogP contribution >= 0.6 is 15.9 Å². The zero-order valence-electron chi connectivity index (χ0n) is 12.2. The number of ether oxygens (including phenoxy) is 2. The molecule has 0 aliphatic rings. The number of carbonyl (C=O) groups excluding carboxylic acids is 1. The SMILES string of the molecule is COc1ccc(OC)c(C(=O)NCCCC(C)CBr)c1. The van der Waals surface area contributed by atoms with E-state index in [1.54, 1.807) is 32.4 Å². The maximum Gasteiger partial charge on any atom is 0.255 e. The molecule has 1 atom stereocenters. The highest BCUT2D eigenvalue weighted by Gasteiger charge is 2.13. The zero-order chi connectivity index (χ0) is 15.0. The van der Waals surface area contributed by atoms with E-state index in [1.807, 2.05) is 0 Å². The van der Waals surface area contributed by atoms with E-state index in [0.717, 1.165) is 18.2 Å². The predicted molar refractivity (Wildman–Crippen MR) is 84.1 cm³/mol. The topological polar surface area (TPSA) is 47.6 Å². The molecule has 1 aromatic carbocycles. The third-order valence-electron chi connectivity index (χ3n) is 3.07. The van der Waals surface area contributed by atoms with Gasteiger partial charge in [0.25, 0.3) is 5.91 Å². The summed E-state index contributed by atoms with van der Waals surface area (Å²) in [7, 11) is 3.13. The third-order valence-corrected chi connectivity index (χ3v) is 4.18. The second-order valence-electron chi connectivity index (χ2n) is 4.72. The Morgan fingerprint density at radius 3 is 2.70 bits per heavy atom. The lowest BCUT2D eigenvalue weighted by molar-refractivity contribution is 0.0949. The summed E-state index contributed by atoms with van der Waals surface area (Å²) in [5.41, 5.74) is 0.500. The molecule has 0 aromatic heterocycles. The van der Waals surface area contributed by atoms with Crippen LogP contribution in [0.1, 0.15) is 30.1 Å². The lowest BCUT2D eigenvalue weighted by Crippen LogP contribution is -2.25. The number of carbonyl (C=O) groups is 1. The van der Waals surface area contributed by atoms with Crippen molar-refractivity contribution in [1.82, 2.24) is 5.32 Å². The lowest BCUT2D eigenvalue weighted by Gasteiger charge is -2.11. The fourth-order valence-corrected chi connectivity index (χ4v) is 2.14. The van der Waals surface area contributed by atoms with Crippen LogP contribution in [0.2, 0.25) is 0 Å². The van der Waals surface area contributed by atoms with Gasteiger partial charge < -0.3 is 14.8 Å². The quantitative estimate of drug-likeness (QED) is 0.582. The average molecular weight is 344 g/mol. The van der Waals surface area contributed by atoms with Crippen molar-refractivity contribution in [3.63, 3.8) is 0 Å². The molecule has 0 fully saturated rings. The summed E-state index contributed by atoms with van der Waals surface area (Å²) in [6.45, 7) is 2.85. The number of benzene rings is 1. The van der Waals surface area contributed by atoms with Crippen molar-refractivity contribution >= 4 is 21.8 Å². The minimum Gasteiger partial charge on any atom is -0.497 e. The first-order valence-electron chi connectivity index (χ1n) is 6.68. The number of hydrogen-bond acceptors (Lipinski definition) is 3. The molecule has 0 aliphatic heterocycles. The van der Waals surface area contributed by atoms with Crippen molar-refractivity contribution in [2.45, 2.75) is 19.8 Å². The van der Waals surface area contributed by atoms with Gasteiger partial charge in [0.15, 0.2) is 0 Å². The van der Waals surface area contributed by atoms with Gasteiger partial charge in [-0.15, -0.1) is 0 Å². The van der Waals surface area contributed by atoms with Gasteiger partial charge >= 0.3 is 0 Å². The van der Waals surface area contributed by atoms with Gasteiger partial charge in [0.1, 0.15) is 11.5 Å². The molecule has 1 amide bonds. The number of amides is 1. The third kappa shape index (κ3) is 5.04. The van der Waals surface area contributed by atoms with Crippen molar-refractivity contribution in [3.8, 4) is 11.5 Å². The number of hydrogen-bond donors (Lipinski definition) is 1. The number of alkyl halides is 1. The van der Waals surface area contributed by atoms with E-state index in [-0.39, 0.29) is 5.91 Å². The van der Waals surface area contributed by atoms with Crippen LogP contribution < -0.4 is 14.8 Å². The van der Waals surface area contributed by atoms with Crippen LogP contribution in [-0.4, -0.2) is 32.0 Å². The van der Waals surface area contributed by atoms with Gasteiger partial charge in [0.2, 0.25) is 0 Å². The molecule has 0 spiro atoms. The van der Waals surface area contributed by atoms with E-state index in [1.165, 1.54) is 0 Å². The minimum absolute atomic E-state index is 0.132. The average Bonchev–Trinajstić information content (AvgIpc) is 2.50. The number of halogens is 1. The maximum atomic E-state index is 12.2. The Balaban J connectivity index is 2.58. The van der Waals surface area contributed by atoms with Crippen LogP contribution in [0.15, 0.2) is 18.2 Å². The van der Waals surface area contributed by atoms with Gasteiger partial charge in [-0.05, 0) is 37.0 Å². The standard InChI is InChI=1S/C15H22BrNO3/c1-11(10-16)5-4-8-17-15(18)13-9-12(19-2)6-7-14(13)20-3/h6-7,9,11H,4-5,8,10H2,1-3H3,(H,17,18). The van der Waals surface area contributed by atoms with Crippen LogP contribution in [0.3, 0.4) is 0 Å². The zero-order valence-corrected chi connectivity index (χ0v) is 13.8. The van der Waals surface area contributed by atoms with Crippen molar-refractivity contribution < 1.29 is 14.3 Å². The fourth-order valence-electron chi connectivity index (χ4n) is 1.82. The summed E-state index contributed by atoms with van der Waals surface area (Å²) in [4.78, 5) is 12.2. The van der Waals surface area contributed by atoms with Crippen LogP contribution in [0.4, 0.5) is 0 Å². The summed E-state index contributed by atoms with van der Waals surface area (Å²) < 4.78 is 10.3. The van der Waals surface area contributed by atoms with Gasteiger partial charge in [-0.2, -0.15) is 0 Å². The molecule has 4 nitrogen and oxygen atoms in total. The molecule has 1 unspecified atom stereocenters. The predicted octanol–water partition coefficient (Wildman–Crippen LogP) is 3.24. The molecule has 1 aromatic rings. The monoisotopic (exact) mass is 343 g/mol. The Morgan fingerprint density at radius 1 is 1.35 bits per heavy atom. The Labute approximate surface area is 129 Å². The molecule has 0 bridgehead atoms. The first-order valence-corrected chi connectivity index (χ1v) is 7.80. The molecule has 1 N–H and O–H groups in total. The van der Waals surface area contributed by atoms with Gasteiger partial charge in [-0.3, -0.25) is 4.79 Å². The van der Waals surface area contributed by atoms with Crippen molar-refractivity contribution in [2.75, 3.05) is 26.1 Å². The van der Waals surface area contributed by atoms with Gasteiger partial charge in [0, 0.05) is 11.9 Å².